The van der Waals surface area contributed by atoms with Crippen LogP contribution in [0.2, 0.25) is 0 Å². The summed E-state index contributed by atoms with van der Waals surface area (Å²) in [5.74, 6) is 2.40. The standard InChI is InChI=1S/C7H7NO2.C3H3IO/c9-7(10)8-6-4-2-1-3-5-6;4-2-1-3-5/h1-5,8H,(H,9,10);5H,3H2. The van der Waals surface area contributed by atoms with Gasteiger partial charge in [-0.15, -0.1) is 0 Å². The fourth-order valence-corrected chi connectivity index (χ4v) is 0.845. The zero-order chi connectivity index (χ0) is 11.5. The van der Waals surface area contributed by atoms with E-state index >= 15 is 0 Å². The van der Waals surface area contributed by atoms with Crippen LogP contribution in [0.25, 0.3) is 0 Å². The number of aliphatic hydroxyl groups excluding tert-OH is 1. The van der Waals surface area contributed by atoms with Gasteiger partial charge in [0.25, 0.3) is 0 Å². The van der Waals surface area contributed by atoms with Gasteiger partial charge in [0.05, 0.1) is 0 Å². The third-order valence-corrected chi connectivity index (χ3v) is 1.55. The maximum absolute atomic E-state index is 10.1. The molecule has 0 aliphatic rings. The van der Waals surface area contributed by atoms with Crippen molar-refractivity contribution in [3.8, 4) is 9.85 Å². The van der Waals surface area contributed by atoms with E-state index in [0.29, 0.717) is 5.69 Å². The van der Waals surface area contributed by atoms with Gasteiger partial charge in [-0.1, -0.05) is 24.1 Å². The summed E-state index contributed by atoms with van der Waals surface area (Å²) in [4.78, 5) is 10.1. The van der Waals surface area contributed by atoms with Crippen molar-refractivity contribution >= 4 is 34.4 Å². The molecule has 4 nitrogen and oxygen atoms in total. The Bertz CT molecular complexity index is 343. The van der Waals surface area contributed by atoms with E-state index in [0.717, 1.165) is 0 Å². The first kappa shape index (κ1) is 13.7. The molecular weight excluding hydrogens is 309 g/mol. The fourth-order valence-electron chi connectivity index (χ4n) is 0.675. The minimum atomic E-state index is -1.04. The summed E-state index contributed by atoms with van der Waals surface area (Å²) in [6, 6.07) is 8.74. The van der Waals surface area contributed by atoms with Crippen molar-refractivity contribution in [2.45, 2.75) is 0 Å². The van der Waals surface area contributed by atoms with Crippen molar-refractivity contribution in [3.05, 3.63) is 30.3 Å². The van der Waals surface area contributed by atoms with Crippen molar-refractivity contribution in [1.82, 2.24) is 0 Å². The predicted molar refractivity (Wildman–Crippen MR) is 67.0 cm³/mol. The number of anilines is 1. The number of hydrogen-bond acceptors (Lipinski definition) is 2. The average molecular weight is 319 g/mol. The quantitative estimate of drug-likeness (QED) is 0.549. The molecule has 3 N–H and O–H groups in total. The summed E-state index contributed by atoms with van der Waals surface area (Å²) in [6.07, 6.45) is -1.04. The lowest BCUT2D eigenvalue weighted by molar-refractivity contribution is 0.210. The minimum Gasteiger partial charge on any atom is -0.465 e. The van der Waals surface area contributed by atoms with Crippen molar-refractivity contribution < 1.29 is 15.0 Å². The Morgan fingerprint density at radius 3 is 2.33 bits per heavy atom. The molecule has 0 aromatic heterocycles. The highest BCUT2D eigenvalue weighted by atomic mass is 127. The van der Waals surface area contributed by atoms with Crippen LogP contribution in [0.1, 0.15) is 0 Å². The van der Waals surface area contributed by atoms with Gasteiger partial charge in [-0.2, -0.15) is 0 Å². The lowest BCUT2D eigenvalue weighted by Crippen LogP contribution is -2.06. The summed E-state index contributed by atoms with van der Waals surface area (Å²) in [5.41, 5.74) is 0.593. The van der Waals surface area contributed by atoms with E-state index in [1.165, 1.54) is 0 Å². The summed E-state index contributed by atoms with van der Waals surface area (Å²) in [6.45, 7) is -0.0249. The Kier molecular flexibility index (Phi) is 8.52. The predicted octanol–water partition coefficient (Wildman–Crippen LogP) is 2.15. The Morgan fingerprint density at radius 1 is 1.40 bits per heavy atom. The summed E-state index contributed by atoms with van der Waals surface area (Å²) >= 11 is 1.87. The largest absolute Gasteiger partial charge is 0.465 e. The molecular formula is C10H10INO3. The number of amides is 1. The topological polar surface area (TPSA) is 69.6 Å². The first-order valence-electron chi connectivity index (χ1n) is 3.95. The van der Waals surface area contributed by atoms with Gasteiger partial charge in [0, 0.05) is 28.3 Å². The molecule has 0 heterocycles. The molecule has 0 saturated heterocycles. The van der Waals surface area contributed by atoms with Gasteiger partial charge in [0.1, 0.15) is 6.61 Å². The molecule has 1 aromatic rings. The van der Waals surface area contributed by atoms with Crippen molar-refractivity contribution in [1.29, 1.82) is 0 Å². The van der Waals surface area contributed by atoms with Crippen LogP contribution in [0.5, 0.6) is 0 Å². The molecule has 0 fully saturated rings. The van der Waals surface area contributed by atoms with Crippen LogP contribution in [-0.2, 0) is 0 Å². The van der Waals surface area contributed by atoms with Crippen LogP contribution in [0.15, 0.2) is 30.3 Å². The summed E-state index contributed by atoms with van der Waals surface area (Å²) in [7, 11) is 0. The van der Waals surface area contributed by atoms with Crippen LogP contribution < -0.4 is 5.32 Å². The number of carboxylic acid groups (broad SMARTS) is 1. The number of halogens is 1. The Labute approximate surface area is 101 Å². The maximum Gasteiger partial charge on any atom is 0.409 e. The second kappa shape index (κ2) is 9.30. The average Bonchev–Trinajstić information content (AvgIpc) is 2.20. The van der Waals surface area contributed by atoms with Crippen molar-refractivity contribution in [2.75, 3.05) is 11.9 Å². The molecule has 15 heavy (non-hydrogen) atoms. The molecule has 0 spiro atoms. The van der Waals surface area contributed by atoms with Gasteiger partial charge in [-0.3, -0.25) is 5.32 Å². The molecule has 1 rings (SSSR count). The SMILES string of the molecule is O=C(O)Nc1ccccc1.OCC#CI. The van der Waals surface area contributed by atoms with Gasteiger partial charge < -0.3 is 10.2 Å². The molecule has 0 radical (unpaired) electrons. The molecule has 5 heteroatoms. The van der Waals surface area contributed by atoms with Crippen LogP contribution in [-0.4, -0.2) is 22.9 Å². The lowest BCUT2D eigenvalue weighted by Gasteiger charge is -1.96. The summed E-state index contributed by atoms with van der Waals surface area (Å²) < 4.78 is 2.49. The number of rotatable bonds is 1. The molecule has 1 aromatic carbocycles. The summed E-state index contributed by atoms with van der Waals surface area (Å²) in [5, 5.41) is 18.4. The van der Waals surface area contributed by atoms with Gasteiger partial charge in [0.2, 0.25) is 0 Å². The van der Waals surface area contributed by atoms with Crippen LogP contribution in [0.4, 0.5) is 10.5 Å². The van der Waals surface area contributed by atoms with E-state index in [-0.39, 0.29) is 6.61 Å². The molecule has 0 aliphatic carbocycles. The first-order chi connectivity index (χ1) is 7.20. The zero-order valence-electron chi connectivity index (χ0n) is 7.77. The Morgan fingerprint density at radius 2 is 2.00 bits per heavy atom. The molecule has 0 bridgehead atoms. The number of para-hydroxylation sites is 1. The highest BCUT2D eigenvalue weighted by molar-refractivity contribution is 14.1. The lowest BCUT2D eigenvalue weighted by atomic mass is 10.3. The molecule has 0 saturated carbocycles. The number of hydrogen-bond donors (Lipinski definition) is 3. The second-order valence-electron chi connectivity index (χ2n) is 2.23. The first-order valence-corrected chi connectivity index (χ1v) is 5.03. The van der Waals surface area contributed by atoms with E-state index < -0.39 is 6.09 Å². The third-order valence-electron chi connectivity index (χ3n) is 1.17. The molecule has 0 aliphatic heterocycles. The Hall–Kier alpha value is -1.26. The minimum absolute atomic E-state index is 0.0249. The van der Waals surface area contributed by atoms with E-state index in [4.69, 9.17) is 10.2 Å². The van der Waals surface area contributed by atoms with Crippen LogP contribution in [0, 0.1) is 9.85 Å². The molecule has 1 amide bonds. The molecule has 80 valence electrons. The molecule has 0 atom stereocenters. The number of benzene rings is 1. The highest BCUT2D eigenvalue weighted by Crippen LogP contribution is 2.03. The van der Waals surface area contributed by atoms with E-state index in [2.05, 4.69) is 15.2 Å². The number of nitrogens with one attached hydrogen (secondary N) is 1. The normalized spacial score (nSPS) is 7.60. The van der Waals surface area contributed by atoms with E-state index in [1.54, 1.807) is 24.3 Å². The van der Waals surface area contributed by atoms with Crippen molar-refractivity contribution in [2.24, 2.45) is 0 Å². The number of carbonyl (C=O) groups is 1. The van der Waals surface area contributed by atoms with Crippen LogP contribution in [0.3, 0.4) is 0 Å². The van der Waals surface area contributed by atoms with Gasteiger partial charge >= 0.3 is 6.09 Å². The highest BCUT2D eigenvalue weighted by Gasteiger charge is 1.93. The van der Waals surface area contributed by atoms with E-state index in [1.807, 2.05) is 28.7 Å². The fraction of sp³-hybridized carbons (Fsp3) is 0.100. The third kappa shape index (κ3) is 9.05. The smallest absolute Gasteiger partial charge is 0.409 e. The zero-order valence-corrected chi connectivity index (χ0v) is 9.93. The monoisotopic (exact) mass is 319 g/mol. The van der Waals surface area contributed by atoms with Gasteiger partial charge in [-0.05, 0) is 16.1 Å². The van der Waals surface area contributed by atoms with Crippen LogP contribution >= 0.6 is 22.6 Å². The van der Waals surface area contributed by atoms with Crippen molar-refractivity contribution in [3.63, 3.8) is 0 Å². The second-order valence-corrected chi connectivity index (χ2v) is 2.76. The number of aliphatic hydroxyl groups is 1. The van der Waals surface area contributed by atoms with Gasteiger partial charge in [-0.25, -0.2) is 4.79 Å². The van der Waals surface area contributed by atoms with Gasteiger partial charge in [0.15, 0.2) is 0 Å². The van der Waals surface area contributed by atoms with E-state index in [9.17, 15) is 4.79 Å². The Balaban J connectivity index is 0.000000336. The maximum atomic E-state index is 10.1. The molecule has 0 unspecified atom stereocenters.